The summed E-state index contributed by atoms with van der Waals surface area (Å²) >= 11 is 0. The molecule has 2 rings (SSSR count). The highest BCUT2D eigenvalue weighted by Crippen LogP contribution is 2.24. The van der Waals surface area contributed by atoms with E-state index in [4.69, 9.17) is 4.74 Å². The first-order valence-electron chi connectivity index (χ1n) is 6.66. The lowest BCUT2D eigenvalue weighted by atomic mass is 10.0. The van der Waals surface area contributed by atoms with Gasteiger partial charge in [0.15, 0.2) is 0 Å². The highest BCUT2D eigenvalue weighted by Gasteiger charge is 2.19. The Labute approximate surface area is 113 Å². The third kappa shape index (κ3) is 3.52. The van der Waals surface area contributed by atoms with Crippen LogP contribution in [0.25, 0.3) is 0 Å². The van der Waals surface area contributed by atoms with Gasteiger partial charge in [-0.1, -0.05) is 12.1 Å². The van der Waals surface area contributed by atoms with Crippen LogP contribution >= 0.6 is 0 Å². The van der Waals surface area contributed by atoms with E-state index in [1.807, 2.05) is 19.1 Å². The summed E-state index contributed by atoms with van der Waals surface area (Å²) in [4.78, 5) is 10.6. The summed E-state index contributed by atoms with van der Waals surface area (Å²) in [5.41, 5.74) is 1.83. The van der Waals surface area contributed by atoms with Crippen LogP contribution in [0.3, 0.4) is 0 Å². The van der Waals surface area contributed by atoms with Gasteiger partial charge in [0.2, 0.25) is 0 Å². The lowest BCUT2D eigenvalue weighted by Crippen LogP contribution is -2.38. The lowest BCUT2D eigenvalue weighted by Gasteiger charge is -2.27. The summed E-state index contributed by atoms with van der Waals surface area (Å²) < 4.78 is 5.43. The SMILES string of the molecule is Cc1ccc(C(C)NC2CCCOC2)cc1[N+](=O)[O-]. The van der Waals surface area contributed by atoms with Gasteiger partial charge in [0.1, 0.15) is 0 Å². The van der Waals surface area contributed by atoms with Crippen molar-refractivity contribution in [2.45, 2.75) is 38.8 Å². The van der Waals surface area contributed by atoms with Crippen molar-refractivity contribution in [2.75, 3.05) is 13.2 Å². The maximum Gasteiger partial charge on any atom is 0.272 e. The quantitative estimate of drug-likeness (QED) is 0.671. The molecule has 1 aliphatic heterocycles. The van der Waals surface area contributed by atoms with Gasteiger partial charge in [-0.15, -0.1) is 0 Å². The Morgan fingerprint density at radius 2 is 2.32 bits per heavy atom. The van der Waals surface area contributed by atoms with Gasteiger partial charge in [-0.05, 0) is 32.3 Å². The minimum atomic E-state index is -0.324. The van der Waals surface area contributed by atoms with E-state index in [2.05, 4.69) is 5.32 Å². The van der Waals surface area contributed by atoms with E-state index in [9.17, 15) is 10.1 Å². The Hall–Kier alpha value is -1.46. The van der Waals surface area contributed by atoms with Gasteiger partial charge in [0.05, 0.1) is 11.5 Å². The number of rotatable bonds is 4. The zero-order valence-electron chi connectivity index (χ0n) is 11.4. The smallest absolute Gasteiger partial charge is 0.272 e. The normalized spacial score (nSPS) is 21.1. The number of hydrogen-bond donors (Lipinski definition) is 1. The molecule has 2 atom stereocenters. The van der Waals surface area contributed by atoms with Gasteiger partial charge >= 0.3 is 0 Å². The third-order valence-corrected chi connectivity index (χ3v) is 3.58. The predicted molar refractivity (Wildman–Crippen MR) is 73.2 cm³/mol. The molecule has 1 fully saturated rings. The molecule has 5 heteroatoms. The summed E-state index contributed by atoms with van der Waals surface area (Å²) in [6.07, 6.45) is 2.16. The number of hydrogen-bond acceptors (Lipinski definition) is 4. The van der Waals surface area contributed by atoms with Crippen LogP contribution in [0, 0.1) is 17.0 Å². The first kappa shape index (κ1) is 14.0. The number of nitrogens with one attached hydrogen (secondary N) is 1. The number of nitrogens with zero attached hydrogens (tertiary/aromatic N) is 1. The number of benzene rings is 1. The number of ether oxygens (including phenoxy) is 1. The third-order valence-electron chi connectivity index (χ3n) is 3.58. The summed E-state index contributed by atoms with van der Waals surface area (Å²) in [5, 5.41) is 14.4. The molecule has 0 bridgehead atoms. The Kier molecular flexibility index (Phi) is 4.50. The maximum absolute atomic E-state index is 11.0. The first-order valence-corrected chi connectivity index (χ1v) is 6.66. The Balaban J connectivity index is 2.07. The second-order valence-corrected chi connectivity index (χ2v) is 5.11. The van der Waals surface area contributed by atoms with E-state index in [0.29, 0.717) is 11.6 Å². The van der Waals surface area contributed by atoms with Crippen molar-refractivity contribution in [3.8, 4) is 0 Å². The molecule has 19 heavy (non-hydrogen) atoms. The van der Waals surface area contributed by atoms with Gasteiger partial charge < -0.3 is 10.1 Å². The van der Waals surface area contributed by atoms with Crippen LogP contribution in [-0.2, 0) is 4.74 Å². The monoisotopic (exact) mass is 264 g/mol. The molecule has 0 aliphatic carbocycles. The number of nitro groups is 1. The second-order valence-electron chi connectivity index (χ2n) is 5.11. The second kappa shape index (κ2) is 6.12. The van der Waals surface area contributed by atoms with E-state index in [1.165, 1.54) is 0 Å². The van der Waals surface area contributed by atoms with Crippen LogP contribution in [0.15, 0.2) is 18.2 Å². The van der Waals surface area contributed by atoms with Crippen molar-refractivity contribution in [1.29, 1.82) is 0 Å². The molecule has 2 unspecified atom stereocenters. The minimum absolute atomic E-state index is 0.0889. The van der Waals surface area contributed by atoms with Gasteiger partial charge in [0.25, 0.3) is 5.69 Å². The molecule has 1 aliphatic rings. The molecule has 1 heterocycles. The predicted octanol–water partition coefficient (Wildman–Crippen LogP) is 2.73. The van der Waals surface area contributed by atoms with Crippen molar-refractivity contribution < 1.29 is 9.66 Å². The molecule has 0 amide bonds. The summed E-state index contributed by atoms with van der Waals surface area (Å²) in [5.74, 6) is 0. The first-order chi connectivity index (χ1) is 9.08. The van der Waals surface area contributed by atoms with Gasteiger partial charge in [-0.3, -0.25) is 10.1 Å². The van der Waals surface area contributed by atoms with Crippen molar-refractivity contribution in [3.05, 3.63) is 39.4 Å². The minimum Gasteiger partial charge on any atom is -0.380 e. The lowest BCUT2D eigenvalue weighted by molar-refractivity contribution is -0.385. The number of aryl methyl sites for hydroxylation is 1. The van der Waals surface area contributed by atoms with Crippen LogP contribution < -0.4 is 5.32 Å². The van der Waals surface area contributed by atoms with Crippen molar-refractivity contribution in [3.63, 3.8) is 0 Å². The standard InChI is InChI=1S/C14H20N2O3/c1-10-5-6-12(8-14(10)16(17)18)11(2)15-13-4-3-7-19-9-13/h5-6,8,11,13,15H,3-4,7,9H2,1-2H3. The van der Waals surface area contributed by atoms with Crippen LogP contribution in [0.5, 0.6) is 0 Å². The largest absolute Gasteiger partial charge is 0.380 e. The summed E-state index contributed by atoms with van der Waals surface area (Å²) in [7, 11) is 0. The molecular formula is C14H20N2O3. The molecule has 1 aromatic rings. The molecule has 1 aromatic carbocycles. The fourth-order valence-electron chi connectivity index (χ4n) is 2.41. The Morgan fingerprint density at radius 1 is 1.53 bits per heavy atom. The van der Waals surface area contributed by atoms with Gasteiger partial charge in [-0.2, -0.15) is 0 Å². The highest BCUT2D eigenvalue weighted by molar-refractivity contribution is 5.43. The molecule has 0 aromatic heterocycles. The molecule has 5 nitrogen and oxygen atoms in total. The zero-order chi connectivity index (χ0) is 13.8. The topological polar surface area (TPSA) is 64.4 Å². The van der Waals surface area contributed by atoms with Gasteiger partial charge in [0, 0.05) is 30.3 Å². The molecule has 0 saturated carbocycles. The fourth-order valence-corrected chi connectivity index (χ4v) is 2.41. The van der Waals surface area contributed by atoms with E-state index < -0.39 is 0 Å². The van der Waals surface area contributed by atoms with E-state index in [-0.39, 0.29) is 16.7 Å². The molecule has 104 valence electrons. The van der Waals surface area contributed by atoms with Crippen molar-refractivity contribution >= 4 is 5.69 Å². The Morgan fingerprint density at radius 3 is 2.95 bits per heavy atom. The summed E-state index contributed by atoms with van der Waals surface area (Å²) in [6.45, 7) is 5.35. The van der Waals surface area contributed by atoms with Crippen LogP contribution in [-0.4, -0.2) is 24.2 Å². The maximum atomic E-state index is 11.0. The fraction of sp³-hybridized carbons (Fsp3) is 0.571. The highest BCUT2D eigenvalue weighted by atomic mass is 16.6. The molecular weight excluding hydrogens is 244 g/mol. The van der Waals surface area contributed by atoms with E-state index in [0.717, 1.165) is 31.6 Å². The Bertz CT molecular complexity index is 456. The average Bonchev–Trinajstić information content (AvgIpc) is 2.40. The zero-order valence-corrected chi connectivity index (χ0v) is 11.4. The molecule has 1 N–H and O–H groups in total. The summed E-state index contributed by atoms with van der Waals surface area (Å²) in [6, 6.07) is 5.85. The molecule has 0 spiro atoms. The average molecular weight is 264 g/mol. The van der Waals surface area contributed by atoms with Crippen LogP contribution in [0.2, 0.25) is 0 Å². The van der Waals surface area contributed by atoms with Crippen molar-refractivity contribution in [1.82, 2.24) is 5.32 Å². The van der Waals surface area contributed by atoms with E-state index >= 15 is 0 Å². The van der Waals surface area contributed by atoms with E-state index in [1.54, 1.807) is 13.0 Å². The van der Waals surface area contributed by atoms with Crippen LogP contribution in [0.1, 0.15) is 36.9 Å². The number of nitro benzene ring substituents is 1. The molecule has 0 radical (unpaired) electrons. The molecule has 1 saturated heterocycles. The van der Waals surface area contributed by atoms with Crippen LogP contribution in [0.4, 0.5) is 5.69 Å². The van der Waals surface area contributed by atoms with Gasteiger partial charge in [-0.25, -0.2) is 0 Å². The van der Waals surface area contributed by atoms with Crippen molar-refractivity contribution in [2.24, 2.45) is 0 Å².